The predicted molar refractivity (Wildman–Crippen MR) is 136 cm³/mol. The Bertz CT molecular complexity index is 1520. The van der Waals surface area contributed by atoms with Crippen LogP contribution in [0, 0.1) is 0 Å². The largest absolute Gasteiger partial charge is 0.0726 e. The number of hydrogen-bond acceptors (Lipinski definition) is 0. The molecule has 0 atom stereocenters. The Morgan fingerprint density at radius 3 is 1.84 bits per heavy atom. The third kappa shape index (κ3) is 2.10. The molecule has 0 bridgehead atoms. The molecule has 0 radical (unpaired) electrons. The molecular formula is C29H16Br2. The Morgan fingerprint density at radius 2 is 1.10 bits per heavy atom. The second-order valence-corrected chi connectivity index (χ2v) is 10.1. The number of halogens is 2. The van der Waals surface area contributed by atoms with Crippen LogP contribution < -0.4 is 0 Å². The van der Waals surface area contributed by atoms with E-state index in [9.17, 15) is 0 Å². The van der Waals surface area contributed by atoms with Crippen LogP contribution in [-0.2, 0) is 5.41 Å². The van der Waals surface area contributed by atoms with E-state index in [1.54, 1.807) is 0 Å². The van der Waals surface area contributed by atoms with Crippen molar-refractivity contribution in [2.24, 2.45) is 0 Å². The van der Waals surface area contributed by atoms with Crippen molar-refractivity contribution in [1.29, 1.82) is 0 Å². The molecule has 0 saturated carbocycles. The average molecular weight is 524 g/mol. The predicted octanol–water partition coefficient (Wildman–Crippen LogP) is 8.71. The van der Waals surface area contributed by atoms with Gasteiger partial charge in [0.1, 0.15) is 0 Å². The van der Waals surface area contributed by atoms with Crippen LogP contribution in [0.2, 0.25) is 0 Å². The van der Waals surface area contributed by atoms with Crippen LogP contribution in [-0.4, -0.2) is 0 Å². The van der Waals surface area contributed by atoms with E-state index < -0.39 is 0 Å². The molecular weight excluding hydrogens is 508 g/mol. The highest BCUT2D eigenvalue weighted by molar-refractivity contribution is 9.11. The molecule has 0 saturated heterocycles. The van der Waals surface area contributed by atoms with Crippen LogP contribution in [0.5, 0.6) is 0 Å². The summed E-state index contributed by atoms with van der Waals surface area (Å²) >= 11 is 7.60. The van der Waals surface area contributed by atoms with E-state index in [1.807, 2.05) is 0 Å². The molecule has 0 fully saturated rings. The summed E-state index contributed by atoms with van der Waals surface area (Å²) in [5.41, 5.74) is 10.4. The van der Waals surface area contributed by atoms with Gasteiger partial charge in [0.15, 0.2) is 0 Å². The third-order valence-electron chi connectivity index (χ3n) is 7.02. The second kappa shape index (κ2) is 6.18. The van der Waals surface area contributed by atoms with E-state index in [0.717, 1.165) is 8.95 Å². The molecule has 2 aliphatic carbocycles. The highest BCUT2D eigenvalue weighted by Gasteiger charge is 2.49. The van der Waals surface area contributed by atoms with Crippen LogP contribution in [0.1, 0.15) is 22.3 Å². The van der Waals surface area contributed by atoms with E-state index >= 15 is 0 Å². The fourth-order valence-electron chi connectivity index (χ4n) is 5.93. The fraction of sp³-hybridized carbons (Fsp3) is 0.0345. The van der Waals surface area contributed by atoms with E-state index in [-0.39, 0.29) is 5.41 Å². The van der Waals surface area contributed by atoms with Crippen molar-refractivity contribution in [2.45, 2.75) is 5.41 Å². The van der Waals surface area contributed by atoms with E-state index in [0.29, 0.717) is 0 Å². The number of rotatable bonds is 0. The van der Waals surface area contributed by atoms with Gasteiger partial charge >= 0.3 is 0 Å². The zero-order chi connectivity index (χ0) is 20.7. The Morgan fingerprint density at radius 1 is 0.484 bits per heavy atom. The molecule has 0 N–H and O–H groups in total. The minimum absolute atomic E-state index is 0.334. The molecule has 2 heteroatoms. The molecule has 0 nitrogen and oxygen atoms in total. The average Bonchev–Trinajstić information content (AvgIpc) is 3.10. The summed E-state index contributed by atoms with van der Waals surface area (Å²) in [5.74, 6) is 0. The van der Waals surface area contributed by atoms with Crippen LogP contribution in [0.3, 0.4) is 0 Å². The molecule has 2 aliphatic rings. The van der Waals surface area contributed by atoms with E-state index in [4.69, 9.17) is 0 Å². The van der Waals surface area contributed by atoms with Crippen molar-refractivity contribution in [3.8, 4) is 22.3 Å². The van der Waals surface area contributed by atoms with Crippen LogP contribution in [0.25, 0.3) is 33.0 Å². The summed E-state index contributed by atoms with van der Waals surface area (Å²) in [5, 5.41) is 2.61. The van der Waals surface area contributed by atoms with Gasteiger partial charge in [0.25, 0.3) is 0 Å². The zero-order valence-corrected chi connectivity index (χ0v) is 19.7. The van der Waals surface area contributed by atoms with Gasteiger partial charge in [-0.05, 0) is 73.5 Å². The molecule has 0 aliphatic heterocycles. The van der Waals surface area contributed by atoms with E-state index in [1.165, 1.54) is 55.3 Å². The van der Waals surface area contributed by atoms with Crippen molar-refractivity contribution in [3.05, 3.63) is 128 Å². The number of hydrogen-bond donors (Lipinski definition) is 0. The standard InChI is InChI=1S/C29H16Br2/c30-17-12-13-20-21-14-15-27(31)22-8-5-11-25(28(21)22)29(26(20)16-17)23-9-3-1-6-18(23)19-7-2-4-10-24(19)29/h1-16H. The minimum atomic E-state index is -0.334. The molecule has 0 aromatic heterocycles. The van der Waals surface area contributed by atoms with Crippen molar-refractivity contribution in [2.75, 3.05) is 0 Å². The lowest BCUT2D eigenvalue weighted by Crippen LogP contribution is -2.31. The van der Waals surface area contributed by atoms with Gasteiger partial charge in [-0.25, -0.2) is 0 Å². The van der Waals surface area contributed by atoms with Gasteiger partial charge in [-0.15, -0.1) is 0 Å². The highest BCUT2D eigenvalue weighted by atomic mass is 79.9. The number of fused-ring (bicyclic) bond motifs is 9. The first-order valence-electron chi connectivity index (χ1n) is 10.4. The molecule has 0 amide bonds. The van der Waals surface area contributed by atoms with Crippen molar-refractivity contribution < 1.29 is 0 Å². The molecule has 31 heavy (non-hydrogen) atoms. The lowest BCUT2D eigenvalue weighted by atomic mass is 9.61. The second-order valence-electron chi connectivity index (χ2n) is 8.35. The van der Waals surface area contributed by atoms with Crippen molar-refractivity contribution >= 4 is 42.6 Å². The highest BCUT2D eigenvalue weighted by Crippen LogP contribution is 2.62. The zero-order valence-electron chi connectivity index (χ0n) is 16.5. The smallest absolute Gasteiger partial charge is 0.0619 e. The summed E-state index contributed by atoms with van der Waals surface area (Å²) in [6.07, 6.45) is 0. The maximum Gasteiger partial charge on any atom is 0.0726 e. The minimum Gasteiger partial charge on any atom is -0.0619 e. The molecule has 7 rings (SSSR count). The molecule has 5 aromatic rings. The lowest BCUT2D eigenvalue weighted by molar-refractivity contribution is 0.772. The van der Waals surface area contributed by atoms with Gasteiger partial charge in [0.2, 0.25) is 0 Å². The summed E-state index contributed by atoms with van der Waals surface area (Å²) in [7, 11) is 0. The maximum atomic E-state index is 3.82. The molecule has 0 heterocycles. The van der Waals surface area contributed by atoms with Gasteiger partial charge in [0.05, 0.1) is 5.41 Å². The molecule has 0 unspecified atom stereocenters. The summed E-state index contributed by atoms with van der Waals surface area (Å²) < 4.78 is 2.25. The normalized spacial score (nSPS) is 14.4. The third-order valence-corrected chi connectivity index (χ3v) is 8.20. The Hall–Kier alpha value is -2.68. The topological polar surface area (TPSA) is 0 Å². The van der Waals surface area contributed by atoms with Gasteiger partial charge < -0.3 is 0 Å². The summed E-state index contributed by atoms with van der Waals surface area (Å²) in [6, 6.07) is 35.9. The van der Waals surface area contributed by atoms with Crippen LogP contribution in [0.15, 0.2) is 106 Å². The number of benzene rings is 5. The van der Waals surface area contributed by atoms with Crippen molar-refractivity contribution in [1.82, 2.24) is 0 Å². The van der Waals surface area contributed by atoms with Gasteiger partial charge in [0, 0.05) is 8.95 Å². The maximum absolute atomic E-state index is 3.82. The van der Waals surface area contributed by atoms with Gasteiger partial charge in [-0.3, -0.25) is 0 Å². The SMILES string of the molecule is Brc1ccc2c(c1)C1(c3ccccc3-c3ccccc31)c1cccc3c(Br)ccc-2c13. The first-order valence-corrected chi connectivity index (χ1v) is 12.0. The monoisotopic (exact) mass is 522 g/mol. The summed E-state index contributed by atoms with van der Waals surface area (Å²) in [6.45, 7) is 0. The fourth-order valence-corrected chi connectivity index (χ4v) is 6.75. The van der Waals surface area contributed by atoms with Gasteiger partial charge in [-0.2, -0.15) is 0 Å². The molecule has 1 spiro atoms. The first kappa shape index (κ1) is 17.9. The summed E-state index contributed by atoms with van der Waals surface area (Å²) in [4.78, 5) is 0. The Balaban J connectivity index is 1.81. The first-order chi connectivity index (χ1) is 15.2. The lowest BCUT2D eigenvalue weighted by Gasteiger charge is -2.40. The van der Waals surface area contributed by atoms with E-state index in [2.05, 4.69) is 129 Å². The quantitative estimate of drug-likeness (QED) is 0.186. The van der Waals surface area contributed by atoms with Gasteiger partial charge in [-0.1, -0.05) is 111 Å². The van der Waals surface area contributed by atoms with Crippen LogP contribution in [0.4, 0.5) is 0 Å². The Labute approximate surface area is 197 Å². The Kier molecular flexibility index (Phi) is 3.58. The molecule has 5 aromatic carbocycles. The van der Waals surface area contributed by atoms with Crippen molar-refractivity contribution in [3.63, 3.8) is 0 Å². The molecule has 146 valence electrons. The van der Waals surface area contributed by atoms with Crippen LogP contribution >= 0.6 is 31.9 Å².